The number of hydrogen-bond acceptors (Lipinski definition) is 6. The van der Waals surface area contributed by atoms with E-state index in [9.17, 15) is 0 Å². The van der Waals surface area contributed by atoms with Crippen molar-refractivity contribution >= 4 is 28.6 Å². The van der Waals surface area contributed by atoms with Crippen LogP contribution in [0.25, 0.3) is 0 Å². The lowest BCUT2D eigenvalue weighted by Gasteiger charge is -2.31. The van der Waals surface area contributed by atoms with Crippen LogP contribution in [0.15, 0.2) is 155 Å². The Kier molecular flexibility index (Phi) is 7.31. The predicted molar refractivity (Wildman–Crippen MR) is 160 cm³/mol. The maximum Gasteiger partial charge on any atom is 0.170 e. The molecule has 0 saturated carbocycles. The molecule has 1 heterocycles. The number of methoxy groups -OCH3 is 1. The van der Waals surface area contributed by atoms with Gasteiger partial charge in [-0.25, -0.2) is 4.99 Å². The second-order valence-electron chi connectivity index (χ2n) is 9.25. The number of anilines is 2. The lowest BCUT2D eigenvalue weighted by Crippen LogP contribution is -2.39. The van der Waals surface area contributed by atoms with Crippen molar-refractivity contribution in [3.8, 4) is 11.5 Å². The summed E-state index contributed by atoms with van der Waals surface area (Å²) in [5.74, 6) is 2.14. The average molecular weight is 525 g/mol. The van der Waals surface area contributed by atoms with Gasteiger partial charge in [0.15, 0.2) is 12.1 Å². The van der Waals surface area contributed by atoms with Crippen LogP contribution in [0, 0.1) is 0 Å². The van der Waals surface area contributed by atoms with Crippen molar-refractivity contribution < 1.29 is 9.47 Å². The van der Waals surface area contributed by atoms with E-state index in [0.29, 0.717) is 11.6 Å². The highest BCUT2D eigenvalue weighted by molar-refractivity contribution is 6.09. The summed E-state index contributed by atoms with van der Waals surface area (Å²) < 4.78 is 12.2. The normalized spacial score (nSPS) is 16.4. The van der Waals surface area contributed by atoms with E-state index in [1.54, 1.807) is 7.11 Å². The van der Waals surface area contributed by atoms with Gasteiger partial charge in [-0.1, -0.05) is 78.9 Å². The van der Waals surface area contributed by atoms with Gasteiger partial charge in [0.1, 0.15) is 23.0 Å². The first-order valence-electron chi connectivity index (χ1n) is 13.1. The fourth-order valence-corrected chi connectivity index (χ4v) is 4.71. The fourth-order valence-electron chi connectivity index (χ4n) is 4.71. The molecule has 6 nitrogen and oxygen atoms in total. The van der Waals surface area contributed by atoms with Crippen molar-refractivity contribution in [2.75, 3.05) is 12.0 Å². The second kappa shape index (κ2) is 11.7. The lowest BCUT2D eigenvalue weighted by molar-refractivity contribution is 0.198. The van der Waals surface area contributed by atoms with Crippen molar-refractivity contribution in [1.29, 1.82) is 0 Å². The van der Waals surface area contributed by atoms with Gasteiger partial charge in [-0.2, -0.15) is 10.2 Å². The minimum Gasteiger partial charge on any atom is -0.497 e. The van der Waals surface area contributed by atoms with Crippen LogP contribution in [0.3, 0.4) is 0 Å². The van der Waals surface area contributed by atoms with Crippen molar-refractivity contribution in [2.24, 2.45) is 15.2 Å². The summed E-state index contributed by atoms with van der Waals surface area (Å²) in [6.45, 7) is 0. The van der Waals surface area contributed by atoms with Gasteiger partial charge in [0.2, 0.25) is 0 Å². The molecule has 5 aromatic rings. The Morgan fingerprint density at radius 3 is 1.88 bits per heavy atom. The molecule has 0 radical (unpaired) electrons. The monoisotopic (exact) mass is 524 g/mol. The first-order valence-corrected chi connectivity index (χ1v) is 13.1. The van der Waals surface area contributed by atoms with E-state index in [0.717, 1.165) is 34.1 Å². The molecule has 196 valence electrons. The van der Waals surface area contributed by atoms with Gasteiger partial charge < -0.3 is 9.47 Å². The molecule has 1 aliphatic heterocycles. The van der Waals surface area contributed by atoms with Gasteiger partial charge in [-0.05, 0) is 66.2 Å². The zero-order valence-corrected chi connectivity index (χ0v) is 22.0. The molecule has 0 aromatic heterocycles. The molecule has 0 N–H and O–H groups in total. The molecule has 0 saturated heterocycles. The minimum atomic E-state index is -0.596. The molecule has 0 bridgehead atoms. The number of fused-ring (bicyclic) bond motifs is 1. The number of ether oxygens (including phenoxy) is 2. The standard InChI is InChI=1S/C34H28N4O2/c1-39-29-23-21-25(22-24-29)33-32(37-36-26-13-5-2-6-14-26)34(35-30-19-11-12-20-31(30)40-33)38(27-15-7-3-8-16-27)28-17-9-4-10-18-28/h2-24,32-33H,1H3. The van der Waals surface area contributed by atoms with Crippen molar-refractivity contribution in [1.82, 2.24) is 0 Å². The van der Waals surface area contributed by atoms with Crippen molar-refractivity contribution in [2.45, 2.75) is 12.1 Å². The number of hydrogen-bond donors (Lipinski definition) is 0. The molecule has 0 spiro atoms. The summed E-state index contributed by atoms with van der Waals surface area (Å²) in [4.78, 5) is 7.37. The number of amidine groups is 1. The summed E-state index contributed by atoms with van der Waals surface area (Å²) in [5.41, 5.74) is 4.33. The number of rotatable bonds is 6. The van der Waals surface area contributed by atoms with Crippen LogP contribution in [0.5, 0.6) is 11.5 Å². The van der Waals surface area contributed by atoms with Crippen LogP contribution in [-0.4, -0.2) is 19.0 Å². The Labute approximate surface area is 233 Å². The Balaban J connectivity index is 1.58. The van der Waals surface area contributed by atoms with Crippen molar-refractivity contribution in [3.05, 3.63) is 145 Å². The molecule has 0 aliphatic carbocycles. The molecule has 40 heavy (non-hydrogen) atoms. The summed E-state index contributed by atoms with van der Waals surface area (Å²) in [6, 6.07) is 45.2. The molecule has 5 aromatic carbocycles. The van der Waals surface area contributed by atoms with Crippen molar-refractivity contribution in [3.63, 3.8) is 0 Å². The van der Waals surface area contributed by atoms with Crippen LogP contribution >= 0.6 is 0 Å². The molecule has 6 rings (SSSR count). The Hall–Kier alpha value is -5.23. The second-order valence-corrected chi connectivity index (χ2v) is 9.25. The molecule has 2 atom stereocenters. The highest BCUT2D eigenvalue weighted by Gasteiger charge is 2.37. The smallest absolute Gasteiger partial charge is 0.170 e. The van der Waals surface area contributed by atoms with E-state index in [1.165, 1.54) is 0 Å². The van der Waals surface area contributed by atoms with Gasteiger partial charge >= 0.3 is 0 Å². The van der Waals surface area contributed by atoms with E-state index in [4.69, 9.17) is 19.6 Å². The summed E-state index contributed by atoms with van der Waals surface area (Å²) >= 11 is 0. The maximum absolute atomic E-state index is 6.73. The van der Waals surface area contributed by atoms with Gasteiger partial charge in [0, 0.05) is 11.4 Å². The number of benzene rings is 5. The van der Waals surface area contributed by atoms with E-state index < -0.39 is 12.1 Å². The maximum atomic E-state index is 6.73. The molecule has 2 unspecified atom stereocenters. The molecule has 0 amide bonds. The summed E-state index contributed by atoms with van der Waals surface area (Å²) in [5, 5.41) is 9.62. The van der Waals surface area contributed by atoms with E-state index >= 15 is 0 Å². The van der Waals surface area contributed by atoms with Gasteiger partial charge in [0.05, 0.1) is 12.8 Å². The molecule has 6 heteroatoms. The highest BCUT2D eigenvalue weighted by atomic mass is 16.5. The number of para-hydroxylation sites is 4. The number of azo groups is 1. The Bertz CT molecular complexity index is 1570. The Morgan fingerprint density at radius 1 is 0.675 bits per heavy atom. The minimum absolute atomic E-state index is 0.518. The van der Waals surface area contributed by atoms with Crippen LogP contribution in [0.4, 0.5) is 22.7 Å². The first-order chi connectivity index (χ1) is 19.8. The zero-order chi connectivity index (χ0) is 27.1. The topological polar surface area (TPSA) is 58.8 Å². The SMILES string of the molecule is COc1ccc(C2Oc3ccccc3N=C(N(c3ccccc3)c3ccccc3)C2N=Nc2ccccc2)cc1. The molecule has 1 aliphatic rings. The van der Waals surface area contributed by atoms with E-state index in [-0.39, 0.29) is 0 Å². The van der Waals surface area contributed by atoms with Crippen LogP contribution < -0.4 is 14.4 Å². The van der Waals surface area contributed by atoms with Gasteiger partial charge in [-0.15, -0.1) is 0 Å². The van der Waals surface area contributed by atoms with E-state index in [1.807, 2.05) is 115 Å². The largest absolute Gasteiger partial charge is 0.497 e. The zero-order valence-electron chi connectivity index (χ0n) is 22.0. The highest BCUT2D eigenvalue weighted by Crippen LogP contribution is 2.41. The number of aliphatic imine (C=N–C) groups is 1. The van der Waals surface area contributed by atoms with Crippen LogP contribution in [-0.2, 0) is 0 Å². The average Bonchev–Trinajstić information content (AvgIpc) is 3.19. The quantitative estimate of drug-likeness (QED) is 0.208. The predicted octanol–water partition coefficient (Wildman–Crippen LogP) is 8.85. The number of nitrogens with zero attached hydrogens (tertiary/aromatic N) is 4. The molecular weight excluding hydrogens is 496 g/mol. The van der Waals surface area contributed by atoms with E-state index in [2.05, 4.69) is 34.3 Å². The summed E-state index contributed by atoms with van der Waals surface area (Å²) in [6.07, 6.45) is -0.518. The fraction of sp³-hybridized carbons (Fsp3) is 0.0882. The summed E-state index contributed by atoms with van der Waals surface area (Å²) in [7, 11) is 1.66. The Morgan fingerprint density at radius 2 is 1.25 bits per heavy atom. The van der Waals surface area contributed by atoms with Gasteiger partial charge in [-0.3, -0.25) is 4.90 Å². The lowest BCUT2D eigenvalue weighted by atomic mass is 10.00. The third-order valence-corrected chi connectivity index (χ3v) is 6.66. The van der Waals surface area contributed by atoms with Gasteiger partial charge in [0.25, 0.3) is 0 Å². The molecule has 0 fully saturated rings. The third-order valence-electron chi connectivity index (χ3n) is 6.66. The van der Waals surface area contributed by atoms with Crippen LogP contribution in [0.1, 0.15) is 11.7 Å². The molecular formula is C34H28N4O2. The van der Waals surface area contributed by atoms with Crippen LogP contribution in [0.2, 0.25) is 0 Å². The first kappa shape index (κ1) is 25.1. The third kappa shape index (κ3) is 5.33.